The van der Waals surface area contributed by atoms with Crippen LogP contribution in [0.3, 0.4) is 0 Å². The molecule has 1 aliphatic rings. The molecule has 3 nitrogen and oxygen atoms in total. The van der Waals surface area contributed by atoms with Crippen LogP contribution >= 0.6 is 15.9 Å². The minimum Gasteiger partial charge on any atom is -0.449 e. The van der Waals surface area contributed by atoms with Crippen molar-refractivity contribution < 1.29 is 9.53 Å². The van der Waals surface area contributed by atoms with Crippen LogP contribution in [0.1, 0.15) is 26.2 Å². The zero-order chi connectivity index (χ0) is 10.4. The van der Waals surface area contributed by atoms with Gasteiger partial charge < -0.3 is 9.64 Å². The number of amides is 1. The van der Waals surface area contributed by atoms with Gasteiger partial charge in [-0.2, -0.15) is 0 Å². The van der Waals surface area contributed by atoms with Gasteiger partial charge in [-0.3, -0.25) is 0 Å². The number of hydrogen-bond acceptors (Lipinski definition) is 2. The van der Waals surface area contributed by atoms with E-state index in [0.29, 0.717) is 6.61 Å². The van der Waals surface area contributed by atoms with Gasteiger partial charge in [-0.15, -0.1) is 0 Å². The summed E-state index contributed by atoms with van der Waals surface area (Å²) in [5.41, 5.74) is 0. The van der Waals surface area contributed by atoms with E-state index in [1.807, 2.05) is 4.90 Å². The van der Waals surface area contributed by atoms with Crippen LogP contribution in [-0.2, 0) is 4.74 Å². The quantitative estimate of drug-likeness (QED) is 0.579. The second-order valence-corrected chi connectivity index (χ2v) is 4.62. The third-order valence-corrected chi connectivity index (χ3v) is 3.11. The molecule has 0 unspecified atom stereocenters. The molecule has 0 atom stereocenters. The molecular formula is C10H18BrNO2. The molecule has 0 aromatic heterocycles. The van der Waals surface area contributed by atoms with E-state index in [4.69, 9.17) is 4.74 Å². The molecule has 1 rings (SSSR count). The summed E-state index contributed by atoms with van der Waals surface area (Å²) in [6.45, 7) is 4.46. The van der Waals surface area contributed by atoms with E-state index in [2.05, 4.69) is 22.9 Å². The van der Waals surface area contributed by atoms with Gasteiger partial charge in [0.25, 0.3) is 0 Å². The molecule has 1 fully saturated rings. The standard InChI is InChI=1S/C10H18BrNO2/c1-9-3-6-12(7-4-9)10(13)14-8-2-5-11/h9H,2-8H2,1H3. The lowest BCUT2D eigenvalue weighted by Crippen LogP contribution is -2.38. The Morgan fingerprint density at radius 3 is 2.71 bits per heavy atom. The SMILES string of the molecule is CC1CCN(C(=O)OCCCBr)CC1. The number of likely N-dealkylation sites (tertiary alicyclic amines) is 1. The number of nitrogens with zero attached hydrogens (tertiary/aromatic N) is 1. The highest BCUT2D eigenvalue weighted by Gasteiger charge is 2.20. The number of piperidine rings is 1. The smallest absolute Gasteiger partial charge is 0.409 e. The molecule has 4 heteroatoms. The van der Waals surface area contributed by atoms with Gasteiger partial charge in [-0.05, 0) is 25.2 Å². The van der Waals surface area contributed by atoms with Crippen molar-refractivity contribution in [2.75, 3.05) is 25.0 Å². The summed E-state index contributed by atoms with van der Waals surface area (Å²) in [6.07, 6.45) is 2.95. The predicted molar refractivity (Wildman–Crippen MR) is 59.7 cm³/mol. The first-order chi connectivity index (χ1) is 6.74. The first-order valence-electron chi connectivity index (χ1n) is 5.21. The summed E-state index contributed by atoms with van der Waals surface area (Å²) in [5, 5.41) is 0.886. The van der Waals surface area contributed by atoms with Gasteiger partial charge in [0.05, 0.1) is 6.61 Å². The summed E-state index contributed by atoms with van der Waals surface area (Å²) in [6, 6.07) is 0. The first kappa shape index (κ1) is 11.8. The molecule has 1 aliphatic heterocycles. The Morgan fingerprint density at radius 1 is 1.50 bits per heavy atom. The van der Waals surface area contributed by atoms with Crippen molar-refractivity contribution in [3.63, 3.8) is 0 Å². The summed E-state index contributed by atoms with van der Waals surface area (Å²) in [7, 11) is 0. The molecule has 82 valence electrons. The Hall–Kier alpha value is -0.250. The zero-order valence-corrected chi connectivity index (χ0v) is 10.3. The van der Waals surface area contributed by atoms with Crippen LogP contribution < -0.4 is 0 Å². The van der Waals surface area contributed by atoms with Gasteiger partial charge in [0.15, 0.2) is 0 Å². The van der Waals surface area contributed by atoms with Crippen molar-refractivity contribution in [2.45, 2.75) is 26.2 Å². The Bertz CT molecular complexity index is 179. The maximum absolute atomic E-state index is 11.5. The zero-order valence-electron chi connectivity index (χ0n) is 8.67. The second-order valence-electron chi connectivity index (χ2n) is 3.83. The molecule has 0 radical (unpaired) electrons. The number of alkyl halides is 1. The fourth-order valence-electron chi connectivity index (χ4n) is 1.50. The lowest BCUT2D eigenvalue weighted by molar-refractivity contribution is 0.0895. The lowest BCUT2D eigenvalue weighted by Gasteiger charge is -2.29. The van der Waals surface area contributed by atoms with Crippen LogP contribution in [0.4, 0.5) is 4.79 Å². The maximum Gasteiger partial charge on any atom is 0.409 e. The maximum atomic E-state index is 11.5. The van der Waals surface area contributed by atoms with Crippen molar-refractivity contribution >= 4 is 22.0 Å². The Morgan fingerprint density at radius 2 is 2.14 bits per heavy atom. The van der Waals surface area contributed by atoms with Gasteiger partial charge in [0, 0.05) is 18.4 Å². The highest BCUT2D eigenvalue weighted by molar-refractivity contribution is 9.09. The number of ether oxygens (including phenoxy) is 1. The Kier molecular flexibility index (Phi) is 5.30. The van der Waals surface area contributed by atoms with Gasteiger partial charge in [0.1, 0.15) is 0 Å². The monoisotopic (exact) mass is 263 g/mol. The molecular weight excluding hydrogens is 246 g/mol. The van der Waals surface area contributed by atoms with Gasteiger partial charge in [-0.25, -0.2) is 4.79 Å². The van der Waals surface area contributed by atoms with Crippen molar-refractivity contribution in [1.82, 2.24) is 4.90 Å². The van der Waals surface area contributed by atoms with E-state index in [0.717, 1.165) is 43.6 Å². The normalized spacial score (nSPS) is 18.3. The van der Waals surface area contributed by atoms with Gasteiger partial charge in [0.2, 0.25) is 0 Å². The van der Waals surface area contributed by atoms with Crippen molar-refractivity contribution in [1.29, 1.82) is 0 Å². The molecule has 0 spiro atoms. The molecule has 0 aromatic carbocycles. The number of carbonyl (C=O) groups is 1. The van der Waals surface area contributed by atoms with Gasteiger partial charge >= 0.3 is 6.09 Å². The third kappa shape index (κ3) is 3.86. The Balaban J connectivity index is 2.17. The number of rotatable bonds is 3. The first-order valence-corrected chi connectivity index (χ1v) is 6.34. The highest BCUT2D eigenvalue weighted by Crippen LogP contribution is 2.16. The molecule has 1 heterocycles. The summed E-state index contributed by atoms with van der Waals surface area (Å²) in [5.74, 6) is 0.751. The molecule has 0 bridgehead atoms. The summed E-state index contributed by atoms with van der Waals surface area (Å²) in [4.78, 5) is 13.3. The largest absolute Gasteiger partial charge is 0.449 e. The average molecular weight is 264 g/mol. The molecule has 1 saturated heterocycles. The van der Waals surface area contributed by atoms with Crippen molar-refractivity contribution in [3.05, 3.63) is 0 Å². The second kappa shape index (κ2) is 6.27. The highest BCUT2D eigenvalue weighted by atomic mass is 79.9. The van der Waals surface area contributed by atoms with Crippen molar-refractivity contribution in [3.8, 4) is 0 Å². The molecule has 14 heavy (non-hydrogen) atoms. The average Bonchev–Trinajstić information content (AvgIpc) is 2.19. The number of carbonyl (C=O) groups excluding carboxylic acids is 1. The predicted octanol–water partition coefficient (Wildman–Crippen LogP) is 2.64. The topological polar surface area (TPSA) is 29.5 Å². The number of hydrogen-bond donors (Lipinski definition) is 0. The molecule has 0 saturated carbocycles. The summed E-state index contributed by atoms with van der Waals surface area (Å²) >= 11 is 3.30. The van der Waals surface area contributed by atoms with Crippen molar-refractivity contribution in [2.24, 2.45) is 5.92 Å². The van der Waals surface area contributed by atoms with E-state index in [1.165, 1.54) is 0 Å². The van der Waals surface area contributed by atoms with Crippen LogP contribution in [-0.4, -0.2) is 36.0 Å². The Labute approximate surface area is 93.9 Å². The molecule has 0 aliphatic carbocycles. The van der Waals surface area contributed by atoms with E-state index in [-0.39, 0.29) is 6.09 Å². The molecule has 0 aromatic rings. The van der Waals surface area contributed by atoms with Gasteiger partial charge in [-0.1, -0.05) is 22.9 Å². The van der Waals surface area contributed by atoms with Crippen LogP contribution in [0.25, 0.3) is 0 Å². The van der Waals surface area contributed by atoms with E-state index in [9.17, 15) is 4.79 Å². The van der Waals surface area contributed by atoms with E-state index < -0.39 is 0 Å². The minimum atomic E-state index is -0.141. The van der Waals surface area contributed by atoms with Crippen LogP contribution in [0, 0.1) is 5.92 Å². The number of halogens is 1. The fraction of sp³-hybridized carbons (Fsp3) is 0.900. The van der Waals surface area contributed by atoms with E-state index in [1.54, 1.807) is 0 Å². The molecule has 0 N–H and O–H groups in total. The summed E-state index contributed by atoms with van der Waals surface area (Å²) < 4.78 is 5.11. The fourth-order valence-corrected chi connectivity index (χ4v) is 1.73. The third-order valence-electron chi connectivity index (χ3n) is 2.55. The van der Waals surface area contributed by atoms with E-state index >= 15 is 0 Å². The van der Waals surface area contributed by atoms with Crippen LogP contribution in [0.5, 0.6) is 0 Å². The molecule has 1 amide bonds. The van der Waals surface area contributed by atoms with Crippen LogP contribution in [0.2, 0.25) is 0 Å². The minimum absolute atomic E-state index is 0.141. The lowest BCUT2D eigenvalue weighted by atomic mass is 10.00. The van der Waals surface area contributed by atoms with Crippen LogP contribution in [0.15, 0.2) is 0 Å².